The molecule has 0 aliphatic carbocycles. The minimum Gasteiger partial charge on any atom is -0.319 e. The fourth-order valence-electron chi connectivity index (χ4n) is 2.12. The molecule has 88 valence electrons. The van der Waals surface area contributed by atoms with Gasteiger partial charge in [-0.15, -0.1) is 0 Å². The molecule has 0 aromatic rings. The molecule has 0 radical (unpaired) electrons. The second kappa shape index (κ2) is 4.94. The summed E-state index contributed by atoms with van der Waals surface area (Å²) in [7, 11) is 7.04. The number of nitrogens with two attached hydrogens (primary N) is 1. The van der Waals surface area contributed by atoms with E-state index in [1.54, 1.807) is 0 Å². The van der Waals surface area contributed by atoms with Crippen LogP contribution in [-0.2, 0) is 0 Å². The molecule has 4 heteroatoms. The van der Waals surface area contributed by atoms with Crippen LogP contribution in [-0.4, -0.2) is 75.7 Å². The summed E-state index contributed by atoms with van der Waals surface area (Å²) in [6.45, 7) is 7.47. The van der Waals surface area contributed by atoms with Gasteiger partial charge in [-0.25, -0.2) is 0 Å². The quantitative estimate of drug-likeness (QED) is 0.242. The van der Waals surface area contributed by atoms with Crippen molar-refractivity contribution < 1.29 is 14.0 Å². The van der Waals surface area contributed by atoms with E-state index in [4.69, 9.17) is 5.73 Å². The van der Waals surface area contributed by atoms with Crippen molar-refractivity contribution in [2.75, 3.05) is 60.4 Å². The Labute approximate surface area is 93.6 Å². The van der Waals surface area contributed by atoms with Crippen LogP contribution in [0.15, 0.2) is 0 Å². The average molecular weight is 215 g/mol. The van der Waals surface area contributed by atoms with Crippen LogP contribution in [0, 0.1) is 0 Å². The molecule has 1 heterocycles. The van der Waals surface area contributed by atoms with Crippen molar-refractivity contribution in [2.45, 2.75) is 6.42 Å². The summed E-state index contributed by atoms with van der Waals surface area (Å²) in [5.41, 5.74) is 5.27. The highest BCUT2D eigenvalue weighted by Gasteiger charge is 2.33. The largest absolute Gasteiger partial charge is 0.319 e. The predicted octanol–water partition coefficient (Wildman–Crippen LogP) is -2.02. The van der Waals surface area contributed by atoms with Crippen LogP contribution in [0.2, 0.25) is 0 Å². The molecule has 0 bridgehead atoms. The lowest BCUT2D eigenvalue weighted by atomic mass is 10.2. The molecule has 3 N–H and O–H groups in total. The third-order valence-corrected chi connectivity index (χ3v) is 3.63. The predicted molar refractivity (Wildman–Crippen MR) is 63.3 cm³/mol. The zero-order valence-electron chi connectivity index (χ0n) is 10.5. The zero-order chi connectivity index (χ0) is 11.4. The first-order chi connectivity index (χ1) is 6.97. The van der Waals surface area contributed by atoms with E-state index < -0.39 is 0 Å². The van der Waals surface area contributed by atoms with Gasteiger partial charge >= 0.3 is 0 Å². The molecule has 1 aliphatic heterocycles. The molecule has 0 amide bonds. The van der Waals surface area contributed by atoms with E-state index in [0.717, 1.165) is 6.54 Å². The van der Waals surface area contributed by atoms with Gasteiger partial charge < -0.3 is 8.97 Å². The number of piperazine rings is 1. The third-order valence-electron chi connectivity index (χ3n) is 3.63. The number of likely N-dealkylation sites (N-methyl/N-ethyl adjacent to an activating group) is 2. The summed E-state index contributed by atoms with van der Waals surface area (Å²) in [5.74, 6) is 0. The molecule has 0 atom stereocenters. The minimum absolute atomic E-state index is 1.00. The number of nitrogens with zero attached hydrogens (tertiary/aromatic N) is 2. The number of nitrogens with one attached hydrogen (secondary N) is 1. The Kier molecular flexibility index (Phi) is 4.11. The molecule has 1 saturated heterocycles. The van der Waals surface area contributed by atoms with E-state index in [2.05, 4.69) is 26.1 Å². The van der Waals surface area contributed by atoms with E-state index >= 15 is 0 Å². The van der Waals surface area contributed by atoms with Gasteiger partial charge in [-0.1, -0.05) is 0 Å². The van der Waals surface area contributed by atoms with Crippen LogP contribution < -0.4 is 10.7 Å². The number of rotatable bonds is 4. The van der Waals surface area contributed by atoms with Crippen LogP contribution in [0.5, 0.6) is 0 Å². The Morgan fingerprint density at radius 1 is 1.13 bits per heavy atom. The van der Waals surface area contributed by atoms with E-state index in [0.29, 0.717) is 0 Å². The normalized spacial score (nSPS) is 24.5. The van der Waals surface area contributed by atoms with Gasteiger partial charge in [0.2, 0.25) is 6.34 Å². The molecule has 0 saturated carbocycles. The summed E-state index contributed by atoms with van der Waals surface area (Å²) < 4.78 is 2.41. The van der Waals surface area contributed by atoms with E-state index in [9.17, 15) is 0 Å². The first-order valence-electron chi connectivity index (χ1n) is 5.90. The highest BCUT2D eigenvalue weighted by atomic mass is 15.4. The first kappa shape index (κ1) is 12.5. The molecule has 4 nitrogen and oxygen atoms in total. The number of hydrogen-bond acceptors (Lipinski definition) is 0. The average Bonchev–Trinajstić information content (AvgIpc) is 2.19. The Bertz CT molecular complexity index is 213. The Balaban J connectivity index is 2.29. The summed E-state index contributed by atoms with van der Waals surface area (Å²) in [6.07, 6.45) is 2.74. The Hall–Kier alpha value is -0.610. The third kappa shape index (κ3) is 4.18. The smallest absolute Gasteiger partial charge is 0.227 e. The van der Waals surface area contributed by atoms with Gasteiger partial charge in [0.25, 0.3) is 0 Å². The molecule has 0 aromatic heterocycles. The van der Waals surface area contributed by atoms with Gasteiger partial charge in [0.15, 0.2) is 0 Å². The van der Waals surface area contributed by atoms with Crippen LogP contribution in [0.4, 0.5) is 0 Å². The maximum Gasteiger partial charge on any atom is 0.227 e. The van der Waals surface area contributed by atoms with Crippen molar-refractivity contribution in [1.82, 2.24) is 0 Å². The summed E-state index contributed by atoms with van der Waals surface area (Å²) >= 11 is 0. The molecule has 1 aliphatic rings. The minimum atomic E-state index is 1.00. The summed E-state index contributed by atoms with van der Waals surface area (Å²) in [4.78, 5) is 3.06. The molecular weight excluding hydrogens is 188 g/mol. The van der Waals surface area contributed by atoms with E-state index in [1.807, 2.05) is 0 Å². The van der Waals surface area contributed by atoms with Crippen LogP contribution in [0.1, 0.15) is 6.42 Å². The topological polar surface area (TPSA) is 40.0 Å². The zero-order valence-corrected chi connectivity index (χ0v) is 10.5. The molecule has 1 fully saturated rings. The molecule has 0 unspecified atom stereocenters. The Morgan fingerprint density at radius 3 is 2.27 bits per heavy atom. The number of hydrogen-bond donors (Lipinski definition) is 2. The fraction of sp³-hybridized carbons (Fsp3) is 0.909. The van der Waals surface area contributed by atoms with Crippen molar-refractivity contribution >= 4 is 6.34 Å². The fourth-order valence-corrected chi connectivity index (χ4v) is 2.12. The standard InChI is InChI=1S/C11H26N4/c1-14(2)7-9-15(3,10-8-14)6-4-5-13-11-12/h11H,4-10H2,1-3H3,(H2,12,13)/q+2/p+1. The highest BCUT2D eigenvalue weighted by molar-refractivity contribution is 5.42. The molecular formula is C11H27N4+3. The first-order valence-corrected chi connectivity index (χ1v) is 5.90. The van der Waals surface area contributed by atoms with Crippen molar-refractivity contribution in [2.24, 2.45) is 5.73 Å². The Morgan fingerprint density at radius 2 is 1.73 bits per heavy atom. The van der Waals surface area contributed by atoms with Gasteiger partial charge in [-0.05, 0) is 0 Å². The maximum absolute atomic E-state index is 5.27. The lowest BCUT2D eigenvalue weighted by Crippen LogP contribution is -2.71. The van der Waals surface area contributed by atoms with Crippen LogP contribution in [0.25, 0.3) is 0 Å². The van der Waals surface area contributed by atoms with Crippen molar-refractivity contribution in [1.29, 1.82) is 0 Å². The molecule has 15 heavy (non-hydrogen) atoms. The highest BCUT2D eigenvalue weighted by Crippen LogP contribution is 2.13. The van der Waals surface area contributed by atoms with E-state index in [1.165, 1.54) is 54.4 Å². The van der Waals surface area contributed by atoms with Crippen molar-refractivity contribution in [3.63, 3.8) is 0 Å². The van der Waals surface area contributed by atoms with Gasteiger partial charge in [0.1, 0.15) is 26.2 Å². The van der Waals surface area contributed by atoms with Gasteiger partial charge in [-0.2, -0.15) is 0 Å². The van der Waals surface area contributed by atoms with Crippen LogP contribution >= 0.6 is 0 Å². The van der Waals surface area contributed by atoms with Crippen LogP contribution in [0.3, 0.4) is 0 Å². The van der Waals surface area contributed by atoms with Crippen molar-refractivity contribution in [3.05, 3.63) is 0 Å². The molecule has 0 spiro atoms. The lowest BCUT2D eigenvalue weighted by molar-refractivity contribution is -1.01. The van der Waals surface area contributed by atoms with E-state index in [-0.39, 0.29) is 0 Å². The second-order valence-corrected chi connectivity index (χ2v) is 5.65. The molecule has 1 rings (SSSR count). The monoisotopic (exact) mass is 215 g/mol. The van der Waals surface area contributed by atoms with Gasteiger partial charge in [0, 0.05) is 6.42 Å². The summed E-state index contributed by atoms with van der Waals surface area (Å²) in [6, 6.07) is 0. The lowest BCUT2D eigenvalue weighted by Gasteiger charge is -2.44. The van der Waals surface area contributed by atoms with Gasteiger partial charge in [-0.3, -0.25) is 10.7 Å². The molecule has 0 aromatic carbocycles. The van der Waals surface area contributed by atoms with Gasteiger partial charge in [0.05, 0.1) is 34.2 Å². The SMILES string of the molecule is C[N+]1(C)CC[N+](C)(CCC[NH+]=CN)CC1. The second-order valence-electron chi connectivity index (χ2n) is 5.65. The maximum atomic E-state index is 5.27. The van der Waals surface area contributed by atoms with Crippen molar-refractivity contribution in [3.8, 4) is 0 Å². The number of quaternary nitrogens is 2. The summed E-state index contributed by atoms with van der Waals surface area (Å²) in [5, 5.41) is 0.